The first-order valence-electron chi connectivity index (χ1n) is 2.56. The normalized spacial score (nSPS) is 12.4. The van der Waals surface area contributed by atoms with Gasteiger partial charge in [0, 0.05) is 6.17 Å². The maximum atomic E-state index is 3.34. The van der Waals surface area contributed by atoms with Gasteiger partial charge in [-0.3, -0.25) is 0 Å². The summed E-state index contributed by atoms with van der Waals surface area (Å²) in [5, 5.41) is 0. The average molecular weight is 134 g/mol. The van der Waals surface area contributed by atoms with Gasteiger partial charge in [0.25, 0.3) is 0 Å². The zero-order valence-electron chi connectivity index (χ0n) is 5.36. The highest BCUT2D eigenvalue weighted by atomic mass is 28.3. The first kappa shape index (κ1) is 7.35. The fourth-order valence-electron chi connectivity index (χ4n) is 0.335. The van der Waals surface area contributed by atoms with Crippen LogP contribution in [-0.2, 0) is 0 Å². The highest BCUT2D eigenvalue weighted by Crippen LogP contribution is 1.64. The molecule has 0 saturated carbocycles. The highest BCUT2D eigenvalue weighted by molar-refractivity contribution is 6.42. The molecule has 0 saturated heterocycles. The first-order chi connectivity index (χ1) is 3.27. The Morgan fingerprint density at radius 3 is 2.43 bits per heavy atom. The van der Waals surface area contributed by atoms with E-state index in [1.54, 1.807) is 0 Å². The zero-order valence-corrected chi connectivity index (χ0v) is 8.78. The molecule has 0 aromatic carbocycles. The van der Waals surface area contributed by atoms with Crippen LogP contribution in [-0.4, -0.2) is 45.2 Å². The second-order valence-corrected chi connectivity index (χ2v) is 5.68. The SMILES string of the molecule is CN(C)C[SiH2]N[SiH3]. The summed E-state index contributed by atoms with van der Waals surface area (Å²) in [5.41, 5.74) is 0. The lowest BCUT2D eigenvalue weighted by Crippen LogP contribution is -2.28. The van der Waals surface area contributed by atoms with Crippen molar-refractivity contribution in [3.05, 3.63) is 0 Å². The second kappa shape index (κ2) is 4.51. The van der Waals surface area contributed by atoms with E-state index in [9.17, 15) is 0 Å². The number of rotatable bonds is 3. The Morgan fingerprint density at radius 1 is 1.71 bits per heavy atom. The Hall–Kier alpha value is 0.354. The lowest BCUT2D eigenvalue weighted by Gasteiger charge is -2.06. The third-order valence-corrected chi connectivity index (χ3v) is 3.93. The van der Waals surface area contributed by atoms with Gasteiger partial charge in [-0.25, -0.2) is 0 Å². The number of hydrogen-bond donors (Lipinski definition) is 1. The van der Waals surface area contributed by atoms with Gasteiger partial charge in [-0.05, 0) is 14.1 Å². The van der Waals surface area contributed by atoms with Gasteiger partial charge in [-0.1, -0.05) is 0 Å². The molecule has 0 aromatic heterocycles. The van der Waals surface area contributed by atoms with Gasteiger partial charge >= 0.3 is 0 Å². The van der Waals surface area contributed by atoms with Crippen molar-refractivity contribution >= 4 is 20.1 Å². The summed E-state index contributed by atoms with van der Waals surface area (Å²) in [7, 11) is 5.53. The molecule has 0 spiro atoms. The molecule has 0 aliphatic rings. The molecule has 7 heavy (non-hydrogen) atoms. The summed E-state index contributed by atoms with van der Waals surface area (Å²) in [4.78, 5) is 2.23. The topological polar surface area (TPSA) is 15.3 Å². The molecule has 0 heterocycles. The molecule has 1 N–H and O–H groups in total. The maximum absolute atomic E-state index is 3.34. The minimum atomic E-state index is 0.112. The van der Waals surface area contributed by atoms with E-state index < -0.39 is 0 Å². The van der Waals surface area contributed by atoms with Crippen LogP contribution in [0.25, 0.3) is 0 Å². The number of hydrogen-bond acceptors (Lipinski definition) is 2. The van der Waals surface area contributed by atoms with E-state index in [1.165, 1.54) is 16.6 Å². The summed E-state index contributed by atoms with van der Waals surface area (Å²) in [6, 6.07) is 0. The van der Waals surface area contributed by atoms with Crippen LogP contribution in [0.4, 0.5) is 0 Å². The summed E-state index contributed by atoms with van der Waals surface area (Å²) in [6.07, 6.45) is 1.30. The van der Waals surface area contributed by atoms with Crippen LogP contribution in [0.1, 0.15) is 0 Å². The van der Waals surface area contributed by atoms with Crippen molar-refractivity contribution < 1.29 is 0 Å². The molecule has 0 aromatic rings. The summed E-state index contributed by atoms with van der Waals surface area (Å²) >= 11 is 0. The van der Waals surface area contributed by atoms with Crippen molar-refractivity contribution in [2.24, 2.45) is 0 Å². The largest absolute Gasteiger partial charge is 0.371 e. The smallest absolute Gasteiger partial charge is 0.0985 e. The Kier molecular flexibility index (Phi) is 4.74. The van der Waals surface area contributed by atoms with Crippen LogP contribution in [0.15, 0.2) is 0 Å². The fraction of sp³-hybridized carbons (Fsp3) is 1.00. The minimum absolute atomic E-state index is 0.112. The van der Waals surface area contributed by atoms with Gasteiger partial charge in [0.05, 0.1) is 20.1 Å². The van der Waals surface area contributed by atoms with Crippen molar-refractivity contribution in [2.75, 3.05) is 20.3 Å². The number of nitrogens with zero attached hydrogens (tertiary/aromatic N) is 1. The van der Waals surface area contributed by atoms with Gasteiger partial charge in [0.1, 0.15) is 0 Å². The molecule has 2 nitrogen and oxygen atoms in total. The summed E-state index contributed by atoms with van der Waals surface area (Å²) in [5.74, 6) is 0. The van der Waals surface area contributed by atoms with Gasteiger partial charge in [-0.15, -0.1) is 0 Å². The van der Waals surface area contributed by atoms with Crippen LogP contribution < -0.4 is 4.65 Å². The quantitative estimate of drug-likeness (QED) is 0.428. The maximum Gasteiger partial charge on any atom is 0.0985 e. The van der Waals surface area contributed by atoms with Crippen LogP contribution in [0, 0.1) is 0 Å². The van der Waals surface area contributed by atoms with Gasteiger partial charge in [0.2, 0.25) is 0 Å². The van der Waals surface area contributed by atoms with Crippen molar-refractivity contribution in [1.29, 1.82) is 0 Å². The van der Waals surface area contributed by atoms with E-state index in [4.69, 9.17) is 0 Å². The minimum Gasteiger partial charge on any atom is -0.371 e. The van der Waals surface area contributed by atoms with E-state index in [0.29, 0.717) is 0 Å². The van der Waals surface area contributed by atoms with Crippen molar-refractivity contribution in [2.45, 2.75) is 0 Å². The third kappa shape index (κ3) is 6.35. The molecule has 0 aliphatic heterocycles. The average Bonchev–Trinajstić information content (AvgIpc) is 1.61. The molecule has 0 unspecified atom stereocenters. The standard InChI is InChI=1S/C3H14N2Si2/c1-5(2)3-7-4-6/h4H,3,7H2,1-2,6H3. The van der Waals surface area contributed by atoms with Crippen molar-refractivity contribution in [1.82, 2.24) is 9.55 Å². The Balaban J connectivity index is 2.68. The van der Waals surface area contributed by atoms with E-state index in [2.05, 4.69) is 23.6 Å². The highest BCUT2D eigenvalue weighted by Gasteiger charge is 1.84. The lowest BCUT2D eigenvalue weighted by atomic mass is 11.0. The Labute approximate surface area is 50.7 Å². The zero-order chi connectivity index (χ0) is 5.70. The molecule has 0 rings (SSSR count). The first-order valence-corrected chi connectivity index (χ1v) is 5.27. The molecule has 4 heteroatoms. The molecule has 0 bridgehead atoms. The van der Waals surface area contributed by atoms with Gasteiger partial charge in [0.15, 0.2) is 0 Å². The number of nitrogens with one attached hydrogen (secondary N) is 1. The molecule has 0 radical (unpaired) electrons. The Bertz CT molecular complexity index is 39.9. The van der Waals surface area contributed by atoms with E-state index in [0.717, 1.165) is 0 Å². The van der Waals surface area contributed by atoms with Crippen LogP contribution in [0.2, 0.25) is 0 Å². The van der Waals surface area contributed by atoms with E-state index in [-0.39, 0.29) is 9.68 Å². The lowest BCUT2D eigenvalue weighted by molar-refractivity contribution is 0.476. The van der Waals surface area contributed by atoms with Crippen molar-refractivity contribution in [3.63, 3.8) is 0 Å². The van der Waals surface area contributed by atoms with Crippen LogP contribution in [0.3, 0.4) is 0 Å². The van der Waals surface area contributed by atoms with Crippen LogP contribution >= 0.6 is 0 Å². The summed E-state index contributed by atoms with van der Waals surface area (Å²) in [6.45, 7) is 0. The molecule has 44 valence electrons. The Morgan fingerprint density at radius 2 is 2.29 bits per heavy atom. The van der Waals surface area contributed by atoms with E-state index >= 15 is 0 Å². The molecule has 0 fully saturated rings. The van der Waals surface area contributed by atoms with Crippen LogP contribution in [0.5, 0.6) is 0 Å². The fourth-order valence-corrected chi connectivity index (χ4v) is 1.68. The molecule has 0 aliphatic carbocycles. The van der Waals surface area contributed by atoms with E-state index in [1.807, 2.05) is 0 Å². The predicted octanol–water partition coefficient (Wildman–Crippen LogP) is -2.54. The van der Waals surface area contributed by atoms with Gasteiger partial charge < -0.3 is 9.55 Å². The van der Waals surface area contributed by atoms with Crippen molar-refractivity contribution in [3.8, 4) is 0 Å². The molecule has 0 amide bonds. The summed E-state index contributed by atoms with van der Waals surface area (Å²) < 4.78 is 3.34. The molecule has 0 atom stereocenters. The molecular formula is C3H14N2Si2. The molecular weight excluding hydrogens is 120 g/mol. The monoisotopic (exact) mass is 134 g/mol. The second-order valence-electron chi connectivity index (χ2n) is 1.91. The van der Waals surface area contributed by atoms with Gasteiger partial charge in [-0.2, -0.15) is 0 Å². The third-order valence-electron chi connectivity index (χ3n) is 0.809. The predicted molar refractivity (Wildman–Crippen MR) is 40.2 cm³/mol.